The highest BCUT2D eigenvalue weighted by atomic mass is 32.1. The van der Waals surface area contributed by atoms with Crippen LogP contribution in [-0.2, 0) is 17.9 Å². The van der Waals surface area contributed by atoms with Gasteiger partial charge >= 0.3 is 5.97 Å². The Kier molecular flexibility index (Phi) is 3.73. The number of carboxylic acid groups (broad SMARTS) is 1. The van der Waals surface area contributed by atoms with Crippen molar-refractivity contribution in [3.8, 4) is 10.6 Å². The maximum Gasteiger partial charge on any atom is 0.347 e. The highest BCUT2D eigenvalue weighted by Gasteiger charge is 2.18. The van der Waals surface area contributed by atoms with E-state index < -0.39 is 5.97 Å². The Morgan fingerprint density at radius 1 is 1.61 bits per heavy atom. The summed E-state index contributed by atoms with van der Waals surface area (Å²) in [6, 6.07) is 0. The zero-order valence-corrected chi connectivity index (χ0v) is 10.9. The molecule has 0 aliphatic heterocycles. The number of rotatable bonds is 5. The first-order valence-electron chi connectivity index (χ1n) is 5.40. The first-order valence-corrected chi connectivity index (χ1v) is 6.22. The molecule has 2 aromatic heterocycles. The molecular weight excluding hydrogens is 254 g/mol. The lowest BCUT2D eigenvalue weighted by atomic mass is 10.3. The minimum absolute atomic E-state index is 0.194. The number of ether oxygens (including phenoxy) is 1. The van der Waals surface area contributed by atoms with Gasteiger partial charge < -0.3 is 9.84 Å². The number of hydrogen-bond donors (Lipinski definition) is 1. The molecule has 7 heteroatoms. The summed E-state index contributed by atoms with van der Waals surface area (Å²) in [6.07, 6.45) is 3.53. The van der Waals surface area contributed by atoms with Crippen LogP contribution in [0.4, 0.5) is 0 Å². The van der Waals surface area contributed by atoms with Crippen LogP contribution in [0.25, 0.3) is 10.6 Å². The number of carbonyl (C=O) groups is 1. The smallest absolute Gasteiger partial charge is 0.347 e. The Morgan fingerprint density at radius 2 is 2.39 bits per heavy atom. The average molecular weight is 267 g/mol. The van der Waals surface area contributed by atoms with Crippen LogP contribution >= 0.6 is 11.3 Å². The summed E-state index contributed by atoms with van der Waals surface area (Å²) in [5, 5.41) is 13.9. The first-order chi connectivity index (χ1) is 8.65. The van der Waals surface area contributed by atoms with Crippen molar-refractivity contribution in [1.29, 1.82) is 0 Å². The van der Waals surface area contributed by atoms with Gasteiger partial charge in [-0.05, 0) is 6.92 Å². The molecule has 0 saturated carbocycles. The standard InChI is InChI=1S/C11H13N3O3S/c1-3-14-5-7(4-12-14)10-13-8(6-17-2)9(18-10)11(15)16/h4-5H,3,6H2,1-2H3,(H,15,16). The van der Waals surface area contributed by atoms with Gasteiger partial charge in [0, 0.05) is 25.4 Å². The van der Waals surface area contributed by atoms with Gasteiger partial charge in [-0.1, -0.05) is 0 Å². The molecule has 0 spiro atoms. The van der Waals surface area contributed by atoms with Crippen molar-refractivity contribution in [1.82, 2.24) is 14.8 Å². The molecule has 0 amide bonds. The monoisotopic (exact) mass is 267 g/mol. The number of hydrogen-bond acceptors (Lipinski definition) is 5. The zero-order valence-electron chi connectivity index (χ0n) is 10.1. The number of aromatic carboxylic acids is 1. The average Bonchev–Trinajstić information content (AvgIpc) is 2.94. The number of aryl methyl sites for hydroxylation is 1. The summed E-state index contributed by atoms with van der Waals surface area (Å²) in [4.78, 5) is 15.6. The fourth-order valence-corrected chi connectivity index (χ4v) is 2.41. The summed E-state index contributed by atoms with van der Waals surface area (Å²) in [5.41, 5.74) is 1.28. The number of aromatic nitrogens is 3. The minimum Gasteiger partial charge on any atom is -0.477 e. The van der Waals surface area contributed by atoms with Gasteiger partial charge in [0.25, 0.3) is 0 Å². The van der Waals surface area contributed by atoms with E-state index in [1.54, 1.807) is 10.9 Å². The van der Waals surface area contributed by atoms with Crippen molar-refractivity contribution in [3.05, 3.63) is 23.0 Å². The maximum absolute atomic E-state index is 11.1. The largest absolute Gasteiger partial charge is 0.477 e. The summed E-state index contributed by atoms with van der Waals surface area (Å²) in [7, 11) is 1.51. The van der Waals surface area contributed by atoms with Crippen LogP contribution in [0, 0.1) is 0 Å². The molecule has 0 bridgehead atoms. The van der Waals surface area contributed by atoms with Gasteiger partial charge in [-0.15, -0.1) is 11.3 Å². The number of thiazole rings is 1. The Balaban J connectivity index is 2.39. The van der Waals surface area contributed by atoms with Crippen LogP contribution in [0.2, 0.25) is 0 Å². The normalized spacial score (nSPS) is 10.8. The van der Waals surface area contributed by atoms with E-state index >= 15 is 0 Å². The van der Waals surface area contributed by atoms with Gasteiger partial charge in [-0.3, -0.25) is 4.68 Å². The Labute approximate surface area is 108 Å². The molecule has 6 nitrogen and oxygen atoms in total. The van der Waals surface area contributed by atoms with Gasteiger partial charge in [0.2, 0.25) is 0 Å². The molecule has 2 aromatic rings. The van der Waals surface area contributed by atoms with E-state index in [0.717, 1.165) is 23.4 Å². The molecule has 1 N–H and O–H groups in total. The summed E-state index contributed by atoms with van der Waals surface area (Å²) >= 11 is 1.14. The number of methoxy groups -OCH3 is 1. The van der Waals surface area contributed by atoms with E-state index in [1.165, 1.54) is 7.11 Å². The van der Waals surface area contributed by atoms with E-state index in [-0.39, 0.29) is 11.5 Å². The van der Waals surface area contributed by atoms with Crippen LogP contribution < -0.4 is 0 Å². The summed E-state index contributed by atoms with van der Waals surface area (Å²) < 4.78 is 6.73. The van der Waals surface area contributed by atoms with E-state index in [2.05, 4.69) is 10.1 Å². The lowest BCUT2D eigenvalue weighted by Crippen LogP contribution is -1.99. The number of nitrogens with zero attached hydrogens (tertiary/aromatic N) is 3. The molecule has 0 aromatic carbocycles. The SMILES string of the molecule is CCn1cc(-c2nc(COC)c(C(=O)O)s2)cn1. The second kappa shape index (κ2) is 5.28. The van der Waals surface area contributed by atoms with Gasteiger partial charge in [0.05, 0.1) is 18.5 Å². The van der Waals surface area contributed by atoms with Crippen LogP contribution in [0.1, 0.15) is 22.3 Å². The molecule has 0 atom stereocenters. The number of carboxylic acids is 1. The van der Waals surface area contributed by atoms with E-state index in [4.69, 9.17) is 9.84 Å². The van der Waals surface area contributed by atoms with Gasteiger partial charge in [0.1, 0.15) is 9.88 Å². The van der Waals surface area contributed by atoms with E-state index in [1.807, 2.05) is 13.1 Å². The maximum atomic E-state index is 11.1. The molecule has 18 heavy (non-hydrogen) atoms. The van der Waals surface area contributed by atoms with Crippen molar-refractivity contribution in [2.45, 2.75) is 20.1 Å². The third-order valence-electron chi connectivity index (χ3n) is 2.38. The molecule has 0 fully saturated rings. The minimum atomic E-state index is -0.978. The lowest BCUT2D eigenvalue weighted by molar-refractivity contribution is 0.0697. The van der Waals surface area contributed by atoms with Gasteiger partial charge in [-0.25, -0.2) is 9.78 Å². The molecule has 0 radical (unpaired) electrons. The Bertz CT molecular complexity index is 562. The van der Waals surface area contributed by atoms with Gasteiger partial charge in [-0.2, -0.15) is 5.10 Å². The van der Waals surface area contributed by atoms with Crippen molar-refractivity contribution >= 4 is 17.3 Å². The molecule has 2 heterocycles. The van der Waals surface area contributed by atoms with Crippen molar-refractivity contribution < 1.29 is 14.6 Å². The van der Waals surface area contributed by atoms with Crippen LogP contribution in [0.5, 0.6) is 0 Å². The van der Waals surface area contributed by atoms with E-state index in [9.17, 15) is 4.79 Å². The predicted molar refractivity (Wildman–Crippen MR) is 66.7 cm³/mol. The highest BCUT2D eigenvalue weighted by molar-refractivity contribution is 7.17. The van der Waals surface area contributed by atoms with Crippen LogP contribution in [-0.4, -0.2) is 33.0 Å². The Hall–Kier alpha value is -1.73. The summed E-state index contributed by atoms with van der Waals surface area (Å²) in [6.45, 7) is 2.94. The van der Waals surface area contributed by atoms with Crippen LogP contribution in [0.3, 0.4) is 0 Å². The fraction of sp³-hybridized carbons (Fsp3) is 0.364. The quantitative estimate of drug-likeness (QED) is 0.894. The molecule has 0 aliphatic rings. The van der Waals surface area contributed by atoms with Crippen molar-refractivity contribution in [2.24, 2.45) is 0 Å². The molecular formula is C11H13N3O3S. The van der Waals surface area contributed by atoms with E-state index in [0.29, 0.717) is 10.7 Å². The molecule has 0 unspecified atom stereocenters. The third kappa shape index (κ3) is 2.41. The molecule has 96 valence electrons. The van der Waals surface area contributed by atoms with Gasteiger partial charge in [0.15, 0.2) is 0 Å². The molecule has 2 rings (SSSR count). The highest BCUT2D eigenvalue weighted by Crippen LogP contribution is 2.28. The van der Waals surface area contributed by atoms with Crippen molar-refractivity contribution in [3.63, 3.8) is 0 Å². The van der Waals surface area contributed by atoms with Crippen LogP contribution in [0.15, 0.2) is 12.4 Å². The third-order valence-corrected chi connectivity index (χ3v) is 3.51. The Morgan fingerprint density at radius 3 is 2.94 bits per heavy atom. The first kappa shape index (κ1) is 12.7. The summed E-state index contributed by atoms with van der Waals surface area (Å²) in [5.74, 6) is -0.978. The lowest BCUT2D eigenvalue weighted by Gasteiger charge is -1.94. The fourth-order valence-electron chi connectivity index (χ4n) is 1.52. The molecule has 0 aliphatic carbocycles. The second-order valence-corrected chi connectivity index (χ2v) is 4.62. The topological polar surface area (TPSA) is 77.2 Å². The van der Waals surface area contributed by atoms with Crippen molar-refractivity contribution in [2.75, 3.05) is 7.11 Å². The molecule has 0 saturated heterocycles. The second-order valence-electron chi connectivity index (χ2n) is 3.62. The zero-order chi connectivity index (χ0) is 13.1. The predicted octanol–water partition coefficient (Wildman–Crippen LogP) is 1.87.